The molecule has 1 fully saturated rings. The van der Waals surface area contributed by atoms with E-state index in [1.165, 1.54) is 0 Å². The molecular formula is C39H41IN2O4. The third kappa shape index (κ3) is 6.32. The molecule has 4 aromatic carbocycles. The average molecular weight is 729 g/mol. The molecule has 46 heavy (non-hydrogen) atoms. The summed E-state index contributed by atoms with van der Waals surface area (Å²) in [7, 11) is 1.65. The molecule has 0 saturated heterocycles. The van der Waals surface area contributed by atoms with Gasteiger partial charge >= 0.3 is 0 Å². The molecule has 2 atom stereocenters. The van der Waals surface area contributed by atoms with Gasteiger partial charge in [0.05, 0.1) is 19.8 Å². The quantitative estimate of drug-likeness (QED) is 0.170. The van der Waals surface area contributed by atoms with Crippen LogP contribution in [0.1, 0.15) is 76.3 Å². The number of nitrogens with zero attached hydrogens (tertiary/aromatic N) is 1. The number of amides is 2. The largest absolute Gasteiger partial charge is 0.497 e. The van der Waals surface area contributed by atoms with Crippen LogP contribution in [0, 0.1) is 3.57 Å². The van der Waals surface area contributed by atoms with Crippen molar-refractivity contribution in [3.63, 3.8) is 0 Å². The fourth-order valence-electron chi connectivity index (χ4n) is 7.42. The van der Waals surface area contributed by atoms with Crippen molar-refractivity contribution in [1.82, 2.24) is 10.2 Å². The molecule has 1 saturated carbocycles. The summed E-state index contributed by atoms with van der Waals surface area (Å²) in [6.07, 6.45) is 6.20. The summed E-state index contributed by atoms with van der Waals surface area (Å²) in [4.78, 5) is 31.9. The Labute approximate surface area is 285 Å². The Hall–Kier alpha value is -3.69. The molecule has 238 valence electrons. The minimum absolute atomic E-state index is 0.0110. The molecule has 1 heterocycles. The van der Waals surface area contributed by atoms with Crippen LogP contribution >= 0.6 is 22.6 Å². The predicted octanol–water partition coefficient (Wildman–Crippen LogP) is 7.16. The summed E-state index contributed by atoms with van der Waals surface area (Å²) < 4.78 is 6.41. The van der Waals surface area contributed by atoms with Crippen LogP contribution in [0.25, 0.3) is 0 Å². The topological polar surface area (TPSA) is 78.9 Å². The minimum atomic E-state index is -1.11. The molecule has 0 bridgehead atoms. The second-order valence-corrected chi connectivity index (χ2v) is 13.6. The highest BCUT2D eigenvalue weighted by atomic mass is 127. The van der Waals surface area contributed by atoms with Gasteiger partial charge in [-0.3, -0.25) is 9.59 Å². The molecule has 2 aliphatic rings. The predicted molar refractivity (Wildman–Crippen MR) is 189 cm³/mol. The Kier molecular flexibility index (Phi) is 10.1. The molecule has 1 aliphatic carbocycles. The summed E-state index contributed by atoms with van der Waals surface area (Å²) in [6, 6.07) is 31.2. The van der Waals surface area contributed by atoms with Crippen molar-refractivity contribution in [2.75, 3.05) is 13.7 Å². The monoisotopic (exact) mass is 728 g/mol. The van der Waals surface area contributed by atoms with Crippen LogP contribution in [0.4, 0.5) is 0 Å². The molecular weight excluding hydrogens is 687 g/mol. The van der Waals surface area contributed by atoms with E-state index >= 15 is 4.79 Å². The van der Waals surface area contributed by atoms with E-state index in [9.17, 15) is 9.90 Å². The Morgan fingerprint density at radius 3 is 2.28 bits per heavy atom. The number of benzene rings is 4. The first-order chi connectivity index (χ1) is 22.5. The first kappa shape index (κ1) is 32.3. The van der Waals surface area contributed by atoms with E-state index in [4.69, 9.17) is 4.74 Å². The van der Waals surface area contributed by atoms with Gasteiger partial charge in [-0.25, -0.2) is 0 Å². The van der Waals surface area contributed by atoms with Crippen LogP contribution in [0.15, 0.2) is 97.1 Å². The van der Waals surface area contributed by atoms with Gasteiger partial charge in [0, 0.05) is 21.7 Å². The van der Waals surface area contributed by atoms with Crippen LogP contribution in [-0.4, -0.2) is 41.5 Å². The normalized spacial score (nSPS) is 19.8. The highest BCUT2D eigenvalue weighted by Gasteiger charge is 2.57. The lowest BCUT2D eigenvalue weighted by Crippen LogP contribution is -2.62. The number of carbonyl (C=O) groups excluding carboxylic acids is 2. The highest BCUT2D eigenvalue weighted by Crippen LogP contribution is 2.52. The number of aliphatic hydroxyl groups is 1. The van der Waals surface area contributed by atoms with Crippen molar-refractivity contribution in [2.24, 2.45) is 0 Å². The van der Waals surface area contributed by atoms with Crippen molar-refractivity contribution in [2.45, 2.75) is 69.1 Å². The van der Waals surface area contributed by atoms with Crippen molar-refractivity contribution in [3.05, 3.63) is 134 Å². The van der Waals surface area contributed by atoms with E-state index in [2.05, 4.69) is 44.9 Å². The first-order valence-electron chi connectivity index (χ1n) is 16.2. The van der Waals surface area contributed by atoms with Gasteiger partial charge in [0.15, 0.2) is 0 Å². The standard InChI is InChI=1S/C39H41IN2O4/c1-46-32-21-17-27(18-22-32)23-24-41-38(45)39(25-30-9-5-8-14-35(30)40)34-13-7-6-12-33(34)37(44)42(31-10-3-2-4-11-31)36(39)29-19-15-28(26-43)16-20-29/h5-9,12-22,31,36,43H,2-4,10-11,23-26H2,1H3,(H,41,45)/t36-,39-/m0/s1. The Morgan fingerprint density at radius 1 is 0.913 bits per heavy atom. The molecule has 6 nitrogen and oxygen atoms in total. The van der Waals surface area contributed by atoms with Crippen molar-refractivity contribution in [3.8, 4) is 5.75 Å². The van der Waals surface area contributed by atoms with Gasteiger partial charge in [0.2, 0.25) is 5.91 Å². The number of halogens is 1. The zero-order valence-electron chi connectivity index (χ0n) is 26.3. The molecule has 6 rings (SSSR count). The van der Waals surface area contributed by atoms with Crippen LogP contribution in [0.5, 0.6) is 5.75 Å². The smallest absolute Gasteiger partial charge is 0.254 e. The molecule has 4 aromatic rings. The Balaban J connectivity index is 1.52. The zero-order valence-corrected chi connectivity index (χ0v) is 28.4. The Morgan fingerprint density at radius 2 is 1.59 bits per heavy atom. The summed E-state index contributed by atoms with van der Waals surface area (Å²) >= 11 is 2.36. The summed E-state index contributed by atoms with van der Waals surface area (Å²) in [6.45, 7) is 0.382. The number of aliphatic hydroxyl groups excluding tert-OH is 1. The van der Waals surface area contributed by atoms with Crippen molar-refractivity contribution < 1.29 is 19.4 Å². The van der Waals surface area contributed by atoms with Gasteiger partial charge in [-0.15, -0.1) is 0 Å². The van der Waals surface area contributed by atoms with E-state index in [0.717, 1.165) is 69.2 Å². The minimum Gasteiger partial charge on any atom is -0.497 e. The molecule has 2 N–H and O–H groups in total. The maximum Gasteiger partial charge on any atom is 0.254 e. The maximum absolute atomic E-state index is 15.2. The summed E-state index contributed by atoms with van der Waals surface area (Å²) in [5.41, 5.74) is 4.14. The molecule has 0 unspecified atom stereocenters. The number of nitrogens with one attached hydrogen (secondary N) is 1. The van der Waals surface area contributed by atoms with E-state index in [-0.39, 0.29) is 24.5 Å². The van der Waals surface area contributed by atoms with Crippen molar-refractivity contribution in [1.29, 1.82) is 0 Å². The van der Waals surface area contributed by atoms with Gasteiger partial charge < -0.3 is 20.1 Å². The number of ether oxygens (including phenoxy) is 1. The van der Waals surface area contributed by atoms with E-state index in [0.29, 0.717) is 24.9 Å². The van der Waals surface area contributed by atoms with Crippen LogP contribution in [0.2, 0.25) is 0 Å². The van der Waals surface area contributed by atoms with E-state index in [1.54, 1.807) is 7.11 Å². The number of rotatable bonds is 10. The number of carbonyl (C=O) groups is 2. The maximum atomic E-state index is 15.2. The number of hydrogen-bond acceptors (Lipinski definition) is 4. The van der Waals surface area contributed by atoms with Gasteiger partial charge in [0.1, 0.15) is 11.2 Å². The summed E-state index contributed by atoms with van der Waals surface area (Å²) in [5, 5.41) is 13.2. The molecule has 0 spiro atoms. The fourth-order valence-corrected chi connectivity index (χ4v) is 8.00. The van der Waals surface area contributed by atoms with Crippen LogP contribution in [-0.2, 0) is 29.7 Å². The average Bonchev–Trinajstić information content (AvgIpc) is 3.11. The van der Waals surface area contributed by atoms with Gasteiger partial charge in [-0.1, -0.05) is 92.1 Å². The second-order valence-electron chi connectivity index (χ2n) is 12.4. The van der Waals surface area contributed by atoms with E-state index in [1.807, 2.05) is 84.9 Å². The van der Waals surface area contributed by atoms with Gasteiger partial charge in [-0.2, -0.15) is 0 Å². The van der Waals surface area contributed by atoms with Gasteiger partial charge in [-0.05, 0) is 100 Å². The lowest BCUT2D eigenvalue weighted by atomic mass is 9.62. The number of methoxy groups -OCH3 is 1. The zero-order chi connectivity index (χ0) is 32.1. The molecule has 2 amide bonds. The molecule has 0 radical (unpaired) electrons. The first-order valence-corrected chi connectivity index (χ1v) is 17.3. The molecule has 1 aliphatic heterocycles. The van der Waals surface area contributed by atoms with Crippen molar-refractivity contribution >= 4 is 34.4 Å². The van der Waals surface area contributed by atoms with E-state index < -0.39 is 11.5 Å². The molecule has 7 heteroatoms. The van der Waals surface area contributed by atoms with Gasteiger partial charge in [0.25, 0.3) is 5.91 Å². The lowest BCUT2D eigenvalue weighted by Gasteiger charge is -2.53. The third-order valence-electron chi connectivity index (χ3n) is 9.75. The fraction of sp³-hybridized carbons (Fsp3) is 0.333. The molecule has 0 aromatic heterocycles. The number of fused-ring (bicyclic) bond motifs is 1. The third-order valence-corrected chi connectivity index (χ3v) is 10.8. The lowest BCUT2D eigenvalue weighted by molar-refractivity contribution is -0.130. The SMILES string of the molecule is COc1ccc(CCNC(=O)[C@@]2(Cc3ccccc3I)c3ccccc3C(=O)N(C3CCCCC3)[C@H]2c2ccc(CO)cc2)cc1. The summed E-state index contributed by atoms with van der Waals surface area (Å²) in [5.74, 6) is 0.700. The van der Waals surface area contributed by atoms with Crippen LogP contribution < -0.4 is 10.1 Å². The Bertz CT molecular complexity index is 1670. The van der Waals surface area contributed by atoms with Crippen LogP contribution in [0.3, 0.4) is 0 Å². The number of hydrogen-bond donors (Lipinski definition) is 2. The second kappa shape index (κ2) is 14.4. The highest BCUT2D eigenvalue weighted by molar-refractivity contribution is 14.1.